The van der Waals surface area contributed by atoms with Crippen LogP contribution in [-0.2, 0) is 21.4 Å². The molecule has 2 aromatic carbocycles. The zero-order chi connectivity index (χ0) is 26.7. The molecule has 1 saturated heterocycles. The summed E-state index contributed by atoms with van der Waals surface area (Å²) in [4.78, 5) is 32.0. The molecule has 6 nitrogen and oxygen atoms in total. The number of rotatable bonds is 5. The fourth-order valence-electron chi connectivity index (χ4n) is 4.68. The van der Waals surface area contributed by atoms with Crippen molar-refractivity contribution in [3.8, 4) is 0 Å². The van der Waals surface area contributed by atoms with Crippen molar-refractivity contribution in [3.63, 3.8) is 0 Å². The van der Waals surface area contributed by atoms with E-state index in [1.165, 1.54) is 6.92 Å². The molecular formula is C26H24ClF4N3O3. The van der Waals surface area contributed by atoms with Crippen molar-refractivity contribution in [3.05, 3.63) is 69.0 Å². The van der Waals surface area contributed by atoms with Crippen molar-refractivity contribution in [2.75, 3.05) is 13.1 Å². The van der Waals surface area contributed by atoms with E-state index in [9.17, 15) is 27.2 Å². The Morgan fingerprint density at radius 1 is 1.19 bits per heavy atom. The highest BCUT2D eigenvalue weighted by Crippen LogP contribution is 2.42. The Bertz CT molecular complexity index is 1320. The molecule has 3 aliphatic rings. The van der Waals surface area contributed by atoms with Crippen LogP contribution in [0.3, 0.4) is 0 Å². The second-order valence-corrected chi connectivity index (χ2v) is 10.5. The number of alkyl halides is 3. The summed E-state index contributed by atoms with van der Waals surface area (Å²) in [5, 5.41) is 6.30. The normalized spacial score (nSPS) is 21.8. The number of aryl methyl sites for hydroxylation is 1. The summed E-state index contributed by atoms with van der Waals surface area (Å²) in [5.74, 6) is -0.949. The van der Waals surface area contributed by atoms with Gasteiger partial charge in [0.05, 0.1) is 22.3 Å². The molecule has 196 valence electrons. The first-order valence-corrected chi connectivity index (χ1v) is 12.3. The molecule has 2 amide bonds. The van der Waals surface area contributed by atoms with Gasteiger partial charge in [0.25, 0.3) is 5.91 Å². The Kier molecular flexibility index (Phi) is 6.21. The van der Waals surface area contributed by atoms with E-state index in [-0.39, 0.29) is 35.8 Å². The third-order valence-electron chi connectivity index (χ3n) is 7.05. The average molecular weight is 538 g/mol. The lowest BCUT2D eigenvalue weighted by Crippen LogP contribution is -2.61. The number of amides is 2. The lowest BCUT2D eigenvalue weighted by atomic mass is 9.87. The fraction of sp³-hybridized carbons (Fsp3) is 0.423. The zero-order valence-electron chi connectivity index (χ0n) is 20.1. The minimum atomic E-state index is -4.71. The minimum Gasteiger partial charge on any atom is -0.384 e. The Morgan fingerprint density at radius 2 is 1.89 bits per heavy atom. The van der Waals surface area contributed by atoms with Crippen molar-refractivity contribution < 1.29 is 32.0 Å². The van der Waals surface area contributed by atoms with E-state index in [2.05, 4.69) is 10.5 Å². The van der Waals surface area contributed by atoms with E-state index in [1.54, 1.807) is 30.0 Å². The topological polar surface area (TPSA) is 71.0 Å². The lowest BCUT2D eigenvalue weighted by Gasteiger charge is -2.39. The van der Waals surface area contributed by atoms with Crippen LogP contribution < -0.4 is 5.32 Å². The fourth-order valence-corrected chi connectivity index (χ4v) is 4.90. The van der Waals surface area contributed by atoms with Gasteiger partial charge in [-0.3, -0.25) is 9.59 Å². The summed E-state index contributed by atoms with van der Waals surface area (Å²) in [5.41, 5.74) is -0.806. The van der Waals surface area contributed by atoms with Gasteiger partial charge in [0, 0.05) is 36.6 Å². The summed E-state index contributed by atoms with van der Waals surface area (Å²) < 4.78 is 54.6. The third kappa shape index (κ3) is 4.91. The van der Waals surface area contributed by atoms with E-state index in [4.69, 9.17) is 16.4 Å². The number of hydrogen-bond acceptors (Lipinski definition) is 4. The zero-order valence-corrected chi connectivity index (χ0v) is 20.8. The van der Waals surface area contributed by atoms with E-state index in [1.807, 2.05) is 0 Å². The highest BCUT2D eigenvalue weighted by molar-refractivity contribution is 6.30. The van der Waals surface area contributed by atoms with Gasteiger partial charge in [-0.15, -0.1) is 0 Å². The predicted octanol–water partition coefficient (Wildman–Crippen LogP) is 5.20. The molecule has 0 radical (unpaired) electrons. The molecule has 1 aliphatic carbocycles. The highest BCUT2D eigenvalue weighted by Gasteiger charge is 2.43. The number of likely N-dealkylation sites (tertiary alicyclic amines) is 1. The Balaban J connectivity index is 1.27. The van der Waals surface area contributed by atoms with Crippen LogP contribution in [0.2, 0.25) is 5.02 Å². The smallest absolute Gasteiger partial charge is 0.384 e. The van der Waals surface area contributed by atoms with Gasteiger partial charge in [-0.25, -0.2) is 4.39 Å². The molecule has 1 N–H and O–H groups in total. The maximum Gasteiger partial charge on any atom is 0.416 e. The number of hydrogen-bond donors (Lipinski definition) is 1. The van der Waals surface area contributed by atoms with Crippen molar-refractivity contribution in [1.29, 1.82) is 0 Å². The second-order valence-electron chi connectivity index (χ2n) is 10.1. The van der Waals surface area contributed by atoms with Gasteiger partial charge in [0.2, 0.25) is 5.91 Å². The summed E-state index contributed by atoms with van der Waals surface area (Å²) in [6, 6.07) is 6.15. The summed E-state index contributed by atoms with van der Waals surface area (Å²) in [6.07, 6.45) is -2.83. The molecule has 5 rings (SSSR count). The Hall–Kier alpha value is -3.14. The van der Waals surface area contributed by atoms with Gasteiger partial charge in [-0.2, -0.15) is 13.2 Å². The van der Waals surface area contributed by atoms with Gasteiger partial charge >= 0.3 is 6.18 Å². The molecule has 2 aromatic rings. The number of halogens is 5. The van der Waals surface area contributed by atoms with E-state index >= 15 is 0 Å². The standard InChI is InChI=1S/C26H24ClF4N3O3/c1-13-7-15(5-6-18(13)23(35)32-17-11-34(12-17)24(36)14-3-4-14)21-10-25(2,37-33-21)19-8-16(26(29,30)31)9-20(27)22(19)28/h5-9,14,17H,3-4,10-12H2,1-2H3,(H,32,35). The van der Waals surface area contributed by atoms with Gasteiger partial charge < -0.3 is 15.1 Å². The first kappa shape index (κ1) is 25.5. The maximum atomic E-state index is 14.8. The van der Waals surface area contributed by atoms with Gasteiger partial charge in [-0.1, -0.05) is 22.8 Å². The van der Waals surface area contributed by atoms with Crippen molar-refractivity contribution >= 4 is 29.1 Å². The van der Waals surface area contributed by atoms with Crippen molar-refractivity contribution in [1.82, 2.24) is 10.2 Å². The number of nitrogens with one attached hydrogen (secondary N) is 1. The number of carbonyl (C=O) groups is 2. The number of carbonyl (C=O) groups excluding carboxylic acids is 2. The monoisotopic (exact) mass is 537 g/mol. The molecule has 1 atom stereocenters. The van der Waals surface area contributed by atoms with Gasteiger partial charge in [0.15, 0.2) is 5.60 Å². The summed E-state index contributed by atoms with van der Waals surface area (Å²) >= 11 is 5.75. The van der Waals surface area contributed by atoms with Gasteiger partial charge in [0.1, 0.15) is 5.82 Å². The summed E-state index contributed by atoms with van der Waals surface area (Å²) in [7, 11) is 0. The first-order chi connectivity index (χ1) is 17.4. The highest BCUT2D eigenvalue weighted by atomic mass is 35.5. The van der Waals surface area contributed by atoms with Crippen LogP contribution in [0.15, 0.2) is 35.5 Å². The predicted molar refractivity (Wildman–Crippen MR) is 128 cm³/mol. The van der Waals surface area contributed by atoms with Crippen LogP contribution in [0, 0.1) is 18.7 Å². The molecule has 2 aliphatic heterocycles. The lowest BCUT2D eigenvalue weighted by molar-refractivity contribution is -0.138. The molecule has 2 fully saturated rings. The van der Waals surface area contributed by atoms with Gasteiger partial charge in [-0.05, 0) is 62.1 Å². The van der Waals surface area contributed by atoms with E-state index in [0.717, 1.165) is 12.8 Å². The van der Waals surface area contributed by atoms with Crippen molar-refractivity contribution in [2.45, 2.75) is 50.9 Å². The Morgan fingerprint density at radius 3 is 2.51 bits per heavy atom. The molecule has 0 spiro atoms. The van der Waals surface area contributed by atoms with Crippen LogP contribution in [0.25, 0.3) is 0 Å². The summed E-state index contributed by atoms with van der Waals surface area (Å²) in [6.45, 7) is 4.20. The SMILES string of the molecule is Cc1cc(C2=NOC(C)(c3cc(C(F)(F)F)cc(Cl)c3F)C2)ccc1C(=O)NC1CN(C(=O)C2CC2)C1. The molecule has 11 heteroatoms. The second kappa shape index (κ2) is 9.01. The van der Waals surface area contributed by atoms with Crippen LogP contribution in [0.4, 0.5) is 17.6 Å². The van der Waals surface area contributed by atoms with Crippen molar-refractivity contribution in [2.24, 2.45) is 11.1 Å². The molecular weight excluding hydrogens is 514 g/mol. The third-order valence-corrected chi connectivity index (χ3v) is 7.32. The molecule has 0 bridgehead atoms. The van der Waals surface area contributed by atoms with E-state index in [0.29, 0.717) is 47.6 Å². The molecule has 1 unspecified atom stereocenters. The Labute approximate surface area is 215 Å². The minimum absolute atomic E-state index is 0.000522. The largest absolute Gasteiger partial charge is 0.416 e. The number of nitrogens with zero attached hydrogens (tertiary/aromatic N) is 2. The first-order valence-electron chi connectivity index (χ1n) is 11.9. The number of benzene rings is 2. The average Bonchev–Trinajstić information content (AvgIpc) is 3.58. The molecule has 1 saturated carbocycles. The van der Waals surface area contributed by atoms with Crippen LogP contribution in [0.1, 0.15) is 58.8 Å². The van der Waals surface area contributed by atoms with Crippen LogP contribution in [0.5, 0.6) is 0 Å². The van der Waals surface area contributed by atoms with Crippen LogP contribution in [-0.4, -0.2) is 41.6 Å². The quantitative estimate of drug-likeness (QED) is 0.533. The molecule has 37 heavy (non-hydrogen) atoms. The number of oxime groups is 1. The van der Waals surface area contributed by atoms with Crippen LogP contribution >= 0.6 is 11.6 Å². The maximum absolute atomic E-state index is 14.8. The molecule has 2 heterocycles. The van der Waals surface area contributed by atoms with E-state index < -0.39 is 28.2 Å². The molecule has 0 aromatic heterocycles.